The molecule has 8 rings (SSSR count). The van der Waals surface area contributed by atoms with Crippen molar-refractivity contribution in [2.75, 3.05) is 0 Å². The van der Waals surface area contributed by atoms with Crippen LogP contribution in [-0.2, 0) is 38.1 Å². The first-order valence-corrected chi connectivity index (χ1v) is 17.7. The van der Waals surface area contributed by atoms with Gasteiger partial charge in [-0.15, -0.1) is 25.5 Å². The Morgan fingerprint density at radius 2 is 1.19 bits per heavy atom. The molecule has 8 aromatic rings. The summed E-state index contributed by atoms with van der Waals surface area (Å²) in [6.07, 6.45) is 2.76. The van der Waals surface area contributed by atoms with E-state index in [2.05, 4.69) is 50.8 Å². The molecule has 21 heteroatoms. The Balaban J connectivity index is 0.000000188. The van der Waals surface area contributed by atoms with Gasteiger partial charge in [-0.2, -0.15) is 24.3 Å². The molecule has 0 saturated heterocycles. The lowest BCUT2D eigenvalue weighted by molar-refractivity contribution is 0.265. The number of nitrogens with zero attached hydrogens (tertiary/aromatic N) is 14. The van der Waals surface area contributed by atoms with Crippen LogP contribution < -0.4 is 4.74 Å². The second-order valence-corrected chi connectivity index (χ2v) is 14.2. The van der Waals surface area contributed by atoms with E-state index in [1.54, 1.807) is 14.1 Å². The fourth-order valence-electron chi connectivity index (χ4n) is 5.34. The molecule has 0 atom stereocenters. The van der Waals surface area contributed by atoms with Gasteiger partial charge in [0, 0.05) is 33.4 Å². The Morgan fingerprint density at radius 3 is 1.66 bits per heavy atom. The second kappa shape index (κ2) is 16.8. The highest BCUT2D eigenvalue weighted by atomic mass is 35.5. The van der Waals surface area contributed by atoms with Gasteiger partial charge in [-0.3, -0.25) is 9.36 Å². The van der Waals surface area contributed by atoms with Crippen molar-refractivity contribution in [2.24, 2.45) is 14.1 Å². The summed E-state index contributed by atoms with van der Waals surface area (Å²) >= 11 is 6.18. The molecule has 308 valence electrons. The van der Waals surface area contributed by atoms with Gasteiger partial charge in [0.25, 0.3) is 0 Å². The van der Waals surface area contributed by atoms with Crippen LogP contribution in [0.25, 0.3) is 34.1 Å². The van der Waals surface area contributed by atoms with Gasteiger partial charge >= 0.3 is 0 Å². The van der Waals surface area contributed by atoms with Crippen molar-refractivity contribution >= 4 is 22.9 Å². The Labute approximate surface area is 347 Å². The summed E-state index contributed by atoms with van der Waals surface area (Å²) in [5.41, 5.74) is -2.07. The first-order valence-electron chi connectivity index (χ1n) is 20.3. The molecule has 6 heterocycles. The molecular weight excluding hydrogens is 796 g/mol. The molecule has 6 aromatic heterocycles. The van der Waals surface area contributed by atoms with E-state index in [-0.39, 0.29) is 69.4 Å². The van der Waals surface area contributed by atoms with Gasteiger partial charge in [-0.1, -0.05) is 53.0 Å². The molecule has 0 aliphatic heterocycles. The smallest absolute Gasteiger partial charge is 0.236 e. The zero-order valence-electron chi connectivity index (χ0n) is 38.2. The molecule has 59 heavy (non-hydrogen) atoms. The van der Waals surface area contributed by atoms with Crippen LogP contribution in [0.15, 0.2) is 61.2 Å². The molecule has 0 bridgehead atoms. The van der Waals surface area contributed by atoms with Gasteiger partial charge in [-0.05, 0) is 59.4 Å². The van der Waals surface area contributed by atoms with Crippen LogP contribution in [0.4, 0.5) is 17.6 Å². The maximum absolute atomic E-state index is 14.4. The normalized spacial score (nSPS) is 13.6. The first kappa shape index (κ1) is 34.6. The summed E-state index contributed by atoms with van der Waals surface area (Å²) in [7, 11) is 3.42. The number of aromatic nitrogens is 14. The summed E-state index contributed by atoms with van der Waals surface area (Å²) < 4.78 is 114. The molecule has 0 radical (unpaired) electrons. The van der Waals surface area contributed by atoms with E-state index in [4.69, 9.17) is 29.7 Å². The zero-order chi connectivity index (χ0) is 47.8. The SMILES string of the molecule is Cn1ncnc1CO.[2H]C([2H])([2H])C(C)(C)c1cc2nnc(-c3cc(F)ccc3F)n2nc1Cl.[2H]C([2H])([2H])C(C)(C)c1cc2nnc(-c3cc(F)ccc3F)n2nc1OCc1ncnn1C. The molecule has 2 aromatic carbocycles. The van der Waals surface area contributed by atoms with Crippen molar-refractivity contribution in [3.8, 4) is 28.7 Å². The maximum atomic E-state index is 14.4. The molecular formula is C38H39ClF4N14O2. The Morgan fingerprint density at radius 1 is 0.695 bits per heavy atom. The lowest BCUT2D eigenvalue weighted by atomic mass is 9.88. The summed E-state index contributed by atoms with van der Waals surface area (Å²) in [6.45, 7) is 1.28. The predicted octanol–water partition coefficient (Wildman–Crippen LogP) is 6.40. The number of aryl methyl sites for hydroxylation is 2. The van der Waals surface area contributed by atoms with Gasteiger partial charge < -0.3 is 9.84 Å². The summed E-state index contributed by atoms with van der Waals surface area (Å²) in [5.74, 6) is -1.76. The largest absolute Gasteiger partial charge is 0.468 e. The van der Waals surface area contributed by atoms with E-state index in [0.29, 0.717) is 11.6 Å². The third-order valence-corrected chi connectivity index (χ3v) is 8.76. The highest BCUT2D eigenvalue weighted by molar-refractivity contribution is 6.30. The average molecular weight is 841 g/mol. The standard InChI is InChI=1S/C19H19F2N7O.C15H13ClF2N4.C4H7N3O/c1-19(2,3)13-8-15-24-25-17(12-7-11(20)5-6-14(12)21)28(15)26-18(13)29-9-16-22-10-23-27(16)4;1-15(2,3)10-7-12-19-20-14(22(12)21-13(10)16)9-6-8(17)4-5-11(9)18;1-7-4(2-8)5-3-6-7/h5-8,10H,9H2,1-4H3;4-7H,1-3H3;3,8H,2H2,1H3/i2*1D3;. The van der Waals surface area contributed by atoms with Crippen molar-refractivity contribution in [2.45, 2.75) is 65.4 Å². The number of ether oxygens (including phenoxy) is 1. The fourth-order valence-corrected chi connectivity index (χ4v) is 5.71. The van der Waals surface area contributed by atoms with Gasteiger partial charge in [-0.25, -0.2) is 27.5 Å². The Kier molecular flexibility index (Phi) is 9.87. The monoisotopic (exact) mass is 840 g/mol. The van der Waals surface area contributed by atoms with Crippen molar-refractivity contribution in [3.05, 3.63) is 112 Å². The molecule has 16 nitrogen and oxygen atoms in total. The number of halogens is 5. The van der Waals surface area contributed by atoms with E-state index < -0.39 is 47.8 Å². The van der Waals surface area contributed by atoms with E-state index in [0.717, 1.165) is 40.9 Å². The van der Waals surface area contributed by atoms with Crippen molar-refractivity contribution < 1.29 is 35.6 Å². The second-order valence-electron chi connectivity index (χ2n) is 13.8. The number of hydrogen-bond donors (Lipinski definition) is 1. The van der Waals surface area contributed by atoms with E-state index in [1.165, 1.54) is 66.4 Å². The maximum Gasteiger partial charge on any atom is 0.236 e. The van der Waals surface area contributed by atoms with Crippen LogP contribution in [0.1, 0.15) is 72.4 Å². The number of fused-ring (bicyclic) bond motifs is 2. The lowest BCUT2D eigenvalue weighted by Gasteiger charge is -2.21. The topological polar surface area (TPSA) is 177 Å². The van der Waals surface area contributed by atoms with Crippen LogP contribution in [0, 0.1) is 23.3 Å². The number of aliphatic hydroxyl groups excluding tert-OH is 1. The first-order chi connectivity index (χ1) is 30.3. The third-order valence-electron chi connectivity index (χ3n) is 8.48. The van der Waals surface area contributed by atoms with E-state index in [9.17, 15) is 17.6 Å². The number of rotatable bonds is 6. The quantitative estimate of drug-likeness (QED) is 0.183. The minimum absolute atomic E-state index is 0.0283. The average Bonchev–Trinajstić information content (AvgIpc) is 4.04. The molecule has 0 aliphatic carbocycles. The fraction of sp³-hybridized carbons (Fsp3) is 0.316. The predicted molar refractivity (Wildman–Crippen MR) is 207 cm³/mol. The van der Waals surface area contributed by atoms with E-state index in [1.807, 2.05) is 0 Å². The molecule has 0 spiro atoms. The van der Waals surface area contributed by atoms with Crippen molar-refractivity contribution in [1.29, 1.82) is 0 Å². The van der Waals surface area contributed by atoms with Crippen LogP contribution in [0.5, 0.6) is 5.88 Å². The summed E-state index contributed by atoms with van der Waals surface area (Å²) in [5, 5.41) is 40.2. The third kappa shape index (κ3) is 9.33. The molecule has 0 saturated carbocycles. The Hall–Kier alpha value is -6.41. The highest BCUT2D eigenvalue weighted by Crippen LogP contribution is 2.33. The zero-order valence-corrected chi connectivity index (χ0v) is 32.9. The molecule has 1 N–H and O–H groups in total. The minimum atomic E-state index is -2.40. The lowest BCUT2D eigenvalue weighted by Crippen LogP contribution is -2.17. The number of hydrogen-bond acceptors (Lipinski definition) is 12. The van der Waals surface area contributed by atoms with Gasteiger partial charge in [0.05, 0.1) is 11.1 Å². The van der Waals surface area contributed by atoms with Crippen molar-refractivity contribution in [1.82, 2.24) is 69.2 Å². The van der Waals surface area contributed by atoms with E-state index >= 15 is 0 Å². The van der Waals surface area contributed by atoms with Gasteiger partial charge in [0.15, 0.2) is 39.7 Å². The molecule has 0 amide bonds. The van der Waals surface area contributed by atoms with Crippen LogP contribution in [-0.4, -0.2) is 74.3 Å². The minimum Gasteiger partial charge on any atom is -0.468 e. The summed E-state index contributed by atoms with van der Waals surface area (Å²) in [4.78, 5) is 7.81. The van der Waals surface area contributed by atoms with Gasteiger partial charge in [0.1, 0.15) is 49.1 Å². The molecule has 0 aliphatic rings. The number of aliphatic hydroxyl groups is 1. The van der Waals surface area contributed by atoms with Crippen LogP contribution >= 0.6 is 11.6 Å². The van der Waals surface area contributed by atoms with Crippen LogP contribution in [0.3, 0.4) is 0 Å². The molecule has 0 fully saturated rings. The van der Waals surface area contributed by atoms with Crippen LogP contribution in [0.2, 0.25) is 5.15 Å². The summed E-state index contributed by atoms with van der Waals surface area (Å²) in [6, 6.07) is 8.79. The molecule has 0 unspecified atom stereocenters. The Bertz CT molecular complexity index is 2990. The number of benzene rings is 2. The van der Waals surface area contributed by atoms with Gasteiger partial charge in [0.2, 0.25) is 5.88 Å². The highest BCUT2D eigenvalue weighted by Gasteiger charge is 2.26. The van der Waals surface area contributed by atoms with Crippen molar-refractivity contribution in [3.63, 3.8) is 0 Å².